The molecule has 4 rings (SSSR count). The fourth-order valence-electron chi connectivity index (χ4n) is 5.69. The molecule has 0 spiro atoms. The monoisotopic (exact) mass is 518 g/mol. The molecule has 1 aromatic heterocycles. The molecule has 2 aromatic rings. The zero-order valence-corrected chi connectivity index (χ0v) is 24.3. The Morgan fingerprint density at radius 2 is 1.87 bits per heavy atom. The number of benzene rings is 1. The van der Waals surface area contributed by atoms with Crippen LogP contribution in [0.5, 0.6) is 5.88 Å². The Morgan fingerprint density at radius 1 is 1.18 bits per heavy atom. The van der Waals surface area contributed by atoms with Crippen molar-refractivity contribution in [1.82, 2.24) is 14.8 Å². The van der Waals surface area contributed by atoms with Gasteiger partial charge in [0, 0.05) is 48.4 Å². The molecule has 0 radical (unpaired) electrons. The number of carbonyl (C=O) groups is 1. The summed E-state index contributed by atoms with van der Waals surface area (Å²) in [6.07, 6.45) is 11.1. The van der Waals surface area contributed by atoms with Crippen LogP contribution in [0.2, 0.25) is 0 Å². The molecule has 6 nitrogen and oxygen atoms in total. The first-order valence-electron chi connectivity index (χ1n) is 14.5. The number of allylic oxidation sites excluding steroid dienone is 1. The molecule has 6 heteroatoms. The molecule has 1 saturated heterocycles. The average Bonchev–Trinajstić information content (AvgIpc) is 3.35. The van der Waals surface area contributed by atoms with Crippen LogP contribution in [0.4, 0.5) is 5.69 Å². The second kappa shape index (κ2) is 12.3. The van der Waals surface area contributed by atoms with E-state index in [2.05, 4.69) is 76.0 Å². The predicted molar refractivity (Wildman–Crippen MR) is 156 cm³/mol. The van der Waals surface area contributed by atoms with Crippen molar-refractivity contribution in [3.8, 4) is 5.88 Å². The van der Waals surface area contributed by atoms with Gasteiger partial charge in [-0.1, -0.05) is 44.9 Å². The zero-order chi connectivity index (χ0) is 27.3. The van der Waals surface area contributed by atoms with Crippen molar-refractivity contribution in [3.05, 3.63) is 64.6 Å². The number of pyridine rings is 1. The molecular formula is C32H46N4O2. The van der Waals surface area contributed by atoms with E-state index in [4.69, 9.17) is 9.72 Å². The van der Waals surface area contributed by atoms with Crippen LogP contribution in [-0.2, 0) is 0 Å². The van der Waals surface area contributed by atoms with Gasteiger partial charge >= 0.3 is 0 Å². The smallest absolute Gasteiger partial charge is 0.259 e. The highest BCUT2D eigenvalue weighted by molar-refractivity contribution is 5.95. The van der Waals surface area contributed by atoms with E-state index < -0.39 is 0 Å². The Bertz CT molecular complexity index is 1130. The molecule has 38 heavy (non-hydrogen) atoms. The lowest BCUT2D eigenvalue weighted by Gasteiger charge is -2.42. The Balaban J connectivity index is 1.61. The van der Waals surface area contributed by atoms with Crippen LogP contribution in [0, 0.1) is 13.8 Å². The number of amides is 1. The normalized spacial score (nSPS) is 19.5. The van der Waals surface area contributed by atoms with E-state index in [1.807, 2.05) is 11.1 Å². The summed E-state index contributed by atoms with van der Waals surface area (Å²) in [5.74, 6) is 0.694. The lowest BCUT2D eigenvalue weighted by atomic mass is 9.89. The molecule has 1 aromatic carbocycles. The molecule has 1 fully saturated rings. The van der Waals surface area contributed by atoms with E-state index in [9.17, 15) is 4.79 Å². The maximum atomic E-state index is 13.8. The molecule has 3 heterocycles. The molecule has 1 atom stereocenters. The summed E-state index contributed by atoms with van der Waals surface area (Å²) in [7, 11) is 0. The summed E-state index contributed by atoms with van der Waals surface area (Å²) < 4.78 is 6.32. The fraction of sp³-hybridized carbons (Fsp3) is 0.562. The SMILES string of the molecule is CCCCN(CCCC)[C@H]1CC(C)(C)Oc2ncc(C(=O)N3CCC/C3=C/Nc3c(C)cccc3C)cc21. The largest absolute Gasteiger partial charge is 0.471 e. The summed E-state index contributed by atoms with van der Waals surface area (Å²) in [6.45, 7) is 15.8. The van der Waals surface area contributed by atoms with Crippen LogP contribution in [0.15, 0.2) is 42.4 Å². The summed E-state index contributed by atoms with van der Waals surface area (Å²) in [5.41, 5.74) is 5.93. The van der Waals surface area contributed by atoms with Gasteiger partial charge in [-0.2, -0.15) is 0 Å². The fourth-order valence-corrected chi connectivity index (χ4v) is 5.69. The molecule has 2 aliphatic heterocycles. The first-order chi connectivity index (χ1) is 18.2. The van der Waals surface area contributed by atoms with Gasteiger partial charge in [0.25, 0.3) is 5.91 Å². The first-order valence-corrected chi connectivity index (χ1v) is 14.5. The van der Waals surface area contributed by atoms with Crippen LogP contribution in [0.1, 0.15) is 106 Å². The highest BCUT2D eigenvalue weighted by Crippen LogP contribution is 2.42. The van der Waals surface area contributed by atoms with Gasteiger partial charge in [0.05, 0.1) is 5.56 Å². The van der Waals surface area contributed by atoms with Crippen molar-refractivity contribution in [2.45, 2.75) is 98.1 Å². The molecule has 206 valence electrons. The topological polar surface area (TPSA) is 57.7 Å². The van der Waals surface area contributed by atoms with Crippen LogP contribution in [-0.4, -0.2) is 45.9 Å². The number of anilines is 1. The summed E-state index contributed by atoms with van der Waals surface area (Å²) in [4.78, 5) is 23.0. The Hall–Kier alpha value is -2.86. The number of nitrogens with zero attached hydrogens (tertiary/aromatic N) is 3. The number of hydrogen-bond acceptors (Lipinski definition) is 5. The van der Waals surface area contributed by atoms with E-state index in [-0.39, 0.29) is 17.6 Å². The minimum Gasteiger partial charge on any atom is -0.471 e. The van der Waals surface area contributed by atoms with Crippen molar-refractivity contribution in [2.24, 2.45) is 0 Å². The lowest BCUT2D eigenvalue weighted by Crippen LogP contribution is -2.42. The van der Waals surface area contributed by atoms with E-state index in [1.54, 1.807) is 6.20 Å². The molecule has 0 bridgehead atoms. The van der Waals surface area contributed by atoms with Gasteiger partial charge in [-0.15, -0.1) is 0 Å². The van der Waals surface area contributed by atoms with Crippen molar-refractivity contribution >= 4 is 11.6 Å². The molecule has 0 unspecified atom stereocenters. The number of hydrogen-bond donors (Lipinski definition) is 1. The van der Waals surface area contributed by atoms with Gasteiger partial charge in [-0.25, -0.2) is 4.98 Å². The average molecular weight is 519 g/mol. The lowest BCUT2D eigenvalue weighted by molar-refractivity contribution is 0.0240. The predicted octanol–water partition coefficient (Wildman–Crippen LogP) is 7.39. The van der Waals surface area contributed by atoms with Gasteiger partial charge in [0.2, 0.25) is 5.88 Å². The van der Waals surface area contributed by atoms with Crippen molar-refractivity contribution < 1.29 is 9.53 Å². The van der Waals surface area contributed by atoms with E-state index in [0.717, 1.165) is 68.7 Å². The minimum absolute atomic E-state index is 0.0182. The number of nitrogens with one attached hydrogen (secondary N) is 1. The zero-order valence-electron chi connectivity index (χ0n) is 24.3. The van der Waals surface area contributed by atoms with Crippen LogP contribution in [0.25, 0.3) is 0 Å². The van der Waals surface area contributed by atoms with E-state index in [0.29, 0.717) is 11.4 Å². The van der Waals surface area contributed by atoms with E-state index >= 15 is 0 Å². The van der Waals surface area contributed by atoms with Crippen LogP contribution < -0.4 is 10.1 Å². The number of rotatable bonds is 10. The second-order valence-corrected chi connectivity index (χ2v) is 11.6. The number of aryl methyl sites for hydroxylation is 2. The van der Waals surface area contributed by atoms with Crippen LogP contribution >= 0.6 is 0 Å². The number of carbonyl (C=O) groups excluding carboxylic acids is 1. The van der Waals surface area contributed by atoms with Crippen molar-refractivity contribution in [2.75, 3.05) is 25.0 Å². The summed E-state index contributed by atoms with van der Waals surface area (Å²) in [6, 6.07) is 8.54. The Labute approximate surface area is 229 Å². The molecule has 2 aliphatic rings. The highest BCUT2D eigenvalue weighted by atomic mass is 16.5. The number of para-hydroxylation sites is 1. The maximum absolute atomic E-state index is 13.8. The van der Waals surface area contributed by atoms with Crippen LogP contribution in [0.3, 0.4) is 0 Å². The summed E-state index contributed by atoms with van der Waals surface area (Å²) >= 11 is 0. The number of ether oxygens (including phenoxy) is 1. The number of fused-ring (bicyclic) bond motifs is 1. The quantitative estimate of drug-likeness (QED) is 0.355. The molecule has 1 amide bonds. The van der Waals surface area contributed by atoms with Gasteiger partial charge in [0.15, 0.2) is 0 Å². The third-order valence-electron chi connectivity index (χ3n) is 7.85. The number of aromatic nitrogens is 1. The van der Waals surface area contributed by atoms with Crippen molar-refractivity contribution in [3.63, 3.8) is 0 Å². The van der Waals surface area contributed by atoms with Gasteiger partial charge < -0.3 is 15.0 Å². The van der Waals surface area contributed by atoms with Crippen molar-refractivity contribution in [1.29, 1.82) is 0 Å². The maximum Gasteiger partial charge on any atom is 0.259 e. The molecular weight excluding hydrogens is 472 g/mol. The van der Waals surface area contributed by atoms with E-state index in [1.165, 1.54) is 24.0 Å². The number of unbranched alkanes of at least 4 members (excludes halogenated alkanes) is 2. The Morgan fingerprint density at radius 3 is 2.53 bits per heavy atom. The third-order valence-corrected chi connectivity index (χ3v) is 7.85. The molecule has 1 N–H and O–H groups in total. The third kappa shape index (κ3) is 6.40. The minimum atomic E-state index is -0.295. The Kier molecular flexibility index (Phi) is 9.14. The second-order valence-electron chi connectivity index (χ2n) is 11.6. The highest BCUT2D eigenvalue weighted by Gasteiger charge is 2.38. The van der Waals surface area contributed by atoms with Gasteiger partial charge in [0.1, 0.15) is 5.60 Å². The first kappa shape index (κ1) is 28.2. The van der Waals surface area contributed by atoms with Gasteiger partial charge in [-0.3, -0.25) is 9.69 Å². The summed E-state index contributed by atoms with van der Waals surface area (Å²) in [5, 5.41) is 3.48. The molecule has 0 saturated carbocycles. The standard InChI is InChI=1S/C32H46N4O2/c1-7-9-16-35(17-10-8-2)28-20-32(5,6)38-30-27(28)19-25(21-34-30)31(37)36-18-12-15-26(36)22-33-29-23(3)13-11-14-24(29)4/h11,13-14,19,21-22,28,33H,7-10,12,15-18,20H2,1-6H3/b26-22-/t28-/m0/s1. The molecule has 0 aliphatic carbocycles. The van der Waals surface area contributed by atoms with Gasteiger partial charge in [-0.05, 0) is 83.7 Å². The number of likely N-dealkylation sites (tertiary alicyclic amines) is 1.